The van der Waals surface area contributed by atoms with Crippen LogP contribution in [0.4, 0.5) is 10.5 Å². The lowest BCUT2D eigenvalue weighted by atomic mass is 9.96. The predicted molar refractivity (Wildman–Crippen MR) is 181 cm³/mol. The van der Waals surface area contributed by atoms with Crippen molar-refractivity contribution in [2.75, 3.05) is 5.32 Å². The first kappa shape index (κ1) is 35.6. The van der Waals surface area contributed by atoms with Crippen LogP contribution in [0.25, 0.3) is 11.1 Å². The molecule has 2 aliphatic carbocycles. The van der Waals surface area contributed by atoms with Crippen LogP contribution < -0.4 is 19.9 Å². The molecule has 3 N–H and O–H groups in total. The number of ether oxygens (including phenoxy) is 4. The summed E-state index contributed by atoms with van der Waals surface area (Å²) < 4.78 is 49.5. The summed E-state index contributed by atoms with van der Waals surface area (Å²) in [5.74, 6) is -0.388. The number of benzene rings is 2. The fraction of sp³-hybridized carbons (Fsp3) is 0.457. The Kier molecular flexibility index (Phi) is 10.7. The molecule has 0 aliphatic heterocycles. The van der Waals surface area contributed by atoms with Gasteiger partial charge in [-0.15, -0.1) is 0 Å². The number of hydrogen-bond acceptors (Lipinski definition) is 9. The molecule has 1 aromatic heterocycles. The van der Waals surface area contributed by atoms with Gasteiger partial charge in [0.1, 0.15) is 16.2 Å². The van der Waals surface area contributed by atoms with Gasteiger partial charge in [-0.1, -0.05) is 49.6 Å². The third-order valence-electron chi connectivity index (χ3n) is 7.89. The van der Waals surface area contributed by atoms with E-state index in [1.807, 2.05) is 37.3 Å². The number of aromatic nitrogens is 1. The number of pyridine rings is 1. The number of carbonyl (C=O) groups is 2. The number of nitrogens with one attached hydrogen (secondary N) is 1. The summed E-state index contributed by atoms with van der Waals surface area (Å²) in [5.41, 5.74) is 1.10. The number of nitrogens with zero attached hydrogens (tertiary/aromatic N) is 1. The summed E-state index contributed by atoms with van der Waals surface area (Å²) in [6.07, 6.45) is 8.41. The summed E-state index contributed by atoms with van der Waals surface area (Å²) in [6.45, 7) is 6.85. The molecule has 2 fully saturated rings. The van der Waals surface area contributed by atoms with Crippen LogP contribution in [-0.4, -0.2) is 37.2 Å². The van der Waals surface area contributed by atoms with Gasteiger partial charge in [0.15, 0.2) is 5.75 Å². The number of carbonyl (C=O) groups excluding carboxylic acids is 2. The van der Waals surface area contributed by atoms with Crippen LogP contribution in [0.15, 0.2) is 53.7 Å². The lowest BCUT2D eigenvalue weighted by Gasteiger charge is -2.24. The number of halogens is 1. The minimum atomic E-state index is -4.58. The van der Waals surface area contributed by atoms with Crippen molar-refractivity contribution >= 4 is 39.4 Å². The van der Waals surface area contributed by atoms with Crippen molar-refractivity contribution in [2.45, 2.75) is 108 Å². The maximum Gasteiger partial charge on any atom is 0.412 e. The minimum Gasteiger partial charge on any atom is -0.490 e. The van der Waals surface area contributed by atoms with Gasteiger partial charge in [-0.25, -0.2) is 18.4 Å². The molecule has 13 heteroatoms. The number of nitrogens with two attached hydrogens (primary N) is 1. The number of rotatable bonds is 14. The molecule has 2 aromatic carbocycles. The molecule has 1 heterocycles. The predicted octanol–water partition coefficient (Wildman–Crippen LogP) is 7.63. The molecule has 2 aliphatic rings. The zero-order chi connectivity index (χ0) is 34.7. The number of esters is 1. The number of primary sulfonamides is 1. The average Bonchev–Trinajstić information content (AvgIpc) is 3.94. The first-order chi connectivity index (χ1) is 22.7. The Morgan fingerprint density at radius 1 is 1.10 bits per heavy atom. The SMILES string of the molecule is CCCCCC(=O)Oc1c(Cl)c(COC2(c3cnccc3-c3ccccc3OC3CC3)CC2)cc(NC(=O)OC(C)(C)C)c1S(N)(=O)=O. The maximum atomic E-state index is 12.9. The Labute approximate surface area is 286 Å². The van der Waals surface area contributed by atoms with Crippen molar-refractivity contribution in [3.63, 3.8) is 0 Å². The summed E-state index contributed by atoms with van der Waals surface area (Å²) in [5, 5.41) is 7.89. The van der Waals surface area contributed by atoms with Gasteiger partial charge < -0.3 is 18.9 Å². The second kappa shape index (κ2) is 14.4. The van der Waals surface area contributed by atoms with Gasteiger partial charge in [0.25, 0.3) is 0 Å². The zero-order valence-corrected chi connectivity index (χ0v) is 29.2. The van der Waals surface area contributed by atoms with Crippen LogP contribution in [-0.2, 0) is 36.5 Å². The summed E-state index contributed by atoms with van der Waals surface area (Å²) in [7, 11) is -4.58. The van der Waals surface area contributed by atoms with E-state index in [2.05, 4.69) is 10.3 Å². The van der Waals surface area contributed by atoms with Crippen molar-refractivity contribution < 1.29 is 37.0 Å². The minimum absolute atomic E-state index is 0.0304. The molecule has 5 rings (SSSR count). The van der Waals surface area contributed by atoms with E-state index in [0.29, 0.717) is 19.3 Å². The number of amides is 1. The molecule has 258 valence electrons. The molecule has 0 saturated heterocycles. The standard InChI is InChI=1S/C35H42ClN3O8S/c1-5-6-7-12-29(40)46-31-30(36)22(19-27(32(31)48(37,42)43)39-33(41)47-34(2,3)4)21-44-35(16-17-35)26-20-38-18-15-24(26)25-10-8-9-11-28(25)45-23-13-14-23/h8-11,15,18-20,23H,5-7,12-14,16-17,21H2,1-4H3,(H,39,41)(H2,37,42,43). The Balaban J connectivity index is 1.51. The average molecular weight is 700 g/mol. The van der Waals surface area contributed by atoms with Gasteiger partial charge in [-0.05, 0) is 76.6 Å². The van der Waals surface area contributed by atoms with E-state index in [4.69, 9.17) is 35.7 Å². The van der Waals surface area contributed by atoms with Crippen molar-refractivity contribution in [2.24, 2.45) is 5.14 Å². The largest absolute Gasteiger partial charge is 0.490 e. The highest BCUT2D eigenvalue weighted by molar-refractivity contribution is 7.89. The molecule has 0 atom stereocenters. The van der Waals surface area contributed by atoms with E-state index < -0.39 is 43.9 Å². The fourth-order valence-corrected chi connectivity index (χ4v) is 6.43. The molecule has 48 heavy (non-hydrogen) atoms. The Morgan fingerprint density at radius 2 is 1.83 bits per heavy atom. The van der Waals surface area contributed by atoms with Crippen LogP contribution in [0, 0.1) is 0 Å². The van der Waals surface area contributed by atoms with Crippen LogP contribution in [0.2, 0.25) is 5.02 Å². The summed E-state index contributed by atoms with van der Waals surface area (Å²) in [4.78, 5) is 29.4. The van der Waals surface area contributed by atoms with Crippen molar-refractivity contribution in [3.8, 4) is 22.6 Å². The highest BCUT2D eigenvalue weighted by Crippen LogP contribution is 2.54. The Morgan fingerprint density at radius 3 is 2.48 bits per heavy atom. The first-order valence-corrected chi connectivity index (χ1v) is 18.1. The number of hydrogen-bond donors (Lipinski definition) is 2. The molecule has 0 bridgehead atoms. The number of sulfonamides is 1. The molecular formula is C35H42ClN3O8S. The van der Waals surface area contributed by atoms with E-state index in [1.54, 1.807) is 33.2 Å². The zero-order valence-electron chi connectivity index (χ0n) is 27.6. The topological polar surface area (TPSA) is 156 Å². The molecule has 0 spiro atoms. The van der Waals surface area contributed by atoms with E-state index >= 15 is 0 Å². The molecule has 1 amide bonds. The molecule has 3 aromatic rings. The quantitative estimate of drug-likeness (QED) is 0.0981. The lowest BCUT2D eigenvalue weighted by Crippen LogP contribution is -2.28. The van der Waals surface area contributed by atoms with Gasteiger partial charge in [0.05, 0.1) is 29.0 Å². The summed E-state index contributed by atoms with van der Waals surface area (Å²) in [6, 6.07) is 11.1. The monoisotopic (exact) mass is 699 g/mol. The second-order valence-corrected chi connectivity index (χ2v) is 15.1. The molecule has 2 saturated carbocycles. The number of unbranched alkanes of at least 4 members (excludes halogenated alkanes) is 2. The Bertz CT molecular complexity index is 1780. The third-order valence-corrected chi connectivity index (χ3v) is 9.28. The van der Waals surface area contributed by atoms with Gasteiger partial charge in [-0.2, -0.15) is 0 Å². The fourth-order valence-electron chi connectivity index (χ4n) is 5.31. The van der Waals surface area contributed by atoms with E-state index in [1.165, 1.54) is 6.07 Å². The van der Waals surface area contributed by atoms with Gasteiger partial charge in [0.2, 0.25) is 10.0 Å². The van der Waals surface area contributed by atoms with Crippen LogP contribution in [0.1, 0.15) is 90.2 Å². The highest BCUT2D eigenvalue weighted by atomic mass is 35.5. The van der Waals surface area contributed by atoms with Crippen molar-refractivity contribution in [1.29, 1.82) is 0 Å². The normalized spacial score (nSPS) is 15.5. The van der Waals surface area contributed by atoms with Crippen LogP contribution in [0.5, 0.6) is 11.5 Å². The van der Waals surface area contributed by atoms with Crippen molar-refractivity contribution in [1.82, 2.24) is 4.98 Å². The Hall–Kier alpha value is -3.71. The van der Waals surface area contributed by atoms with Gasteiger partial charge in [0, 0.05) is 35.5 Å². The second-order valence-electron chi connectivity index (χ2n) is 13.2. The van der Waals surface area contributed by atoms with Gasteiger partial charge >= 0.3 is 12.1 Å². The third kappa shape index (κ3) is 8.84. The van der Waals surface area contributed by atoms with Gasteiger partial charge in [-0.3, -0.25) is 15.1 Å². The van der Waals surface area contributed by atoms with Crippen LogP contribution >= 0.6 is 11.6 Å². The van der Waals surface area contributed by atoms with E-state index in [-0.39, 0.29) is 35.4 Å². The molecular weight excluding hydrogens is 658 g/mol. The summed E-state index contributed by atoms with van der Waals surface area (Å²) >= 11 is 6.79. The lowest BCUT2D eigenvalue weighted by molar-refractivity contribution is -0.134. The van der Waals surface area contributed by atoms with E-state index in [0.717, 1.165) is 48.1 Å². The first-order valence-electron chi connectivity index (χ1n) is 16.1. The number of para-hydroxylation sites is 1. The van der Waals surface area contributed by atoms with Crippen molar-refractivity contribution in [3.05, 3.63) is 64.9 Å². The highest BCUT2D eigenvalue weighted by Gasteiger charge is 2.48. The van der Waals surface area contributed by atoms with E-state index in [9.17, 15) is 18.0 Å². The maximum absolute atomic E-state index is 12.9. The molecule has 0 radical (unpaired) electrons. The van der Waals surface area contributed by atoms with Crippen LogP contribution in [0.3, 0.4) is 0 Å². The number of anilines is 1. The molecule has 11 nitrogen and oxygen atoms in total. The molecule has 0 unspecified atom stereocenters. The smallest absolute Gasteiger partial charge is 0.412 e.